The molecule has 0 aliphatic carbocycles. The number of rotatable bonds is 11. The lowest BCUT2D eigenvalue weighted by Gasteiger charge is -2.28. The molecule has 164 valence electrons. The van der Waals surface area contributed by atoms with E-state index in [-0.39, 0.29) is 22.7 Å². The minimum atomic E-state index is -4.36. The molecule has 0 bridgehead atoms. The Morgan fingerprint density at radius 2 is 1.73 bits per heavy atom. The summed E-state index contributed by atoms with van der Waals surface area (Å²) in [7, 11) is -4.36. The van der Waals surface area contributed by atoms with E-state index in [1.807, 2.05) is 18.7 Å². The van der Waals surface area contributed by atoms with E-state index in [9.17, 15) is 22.7 Å². The van der Waals surface area contributed by atoms with E-state index in [1.165, 1.54) is 24.3 Å². The van der Waals surface area contributed by atoms with Crippen molar-refractivity contribution in [1.82, 2.24) is 0 Å². The molecule has 30 heavy (non-hydrogen) atoms. The van der Waals surface area contributed by atoms with Gasteiger partial charge < -0.3 is 14.7 Å². The zero-order chi connectivity index (χ0) is 22.3. The van der Waals surface area contributed by atoms with Crippen molar-refractivity contribution in [1.29, 1.82) is 0 Å². The SMILES string of the molecule is CCCCN(CCCC)c1cc(C(=O)O)cc(S(N)(=O)=O)c1Oc1ccccc1F. The molecule has 2 aromatic carbocycles. The first kappa shape index (κ1) is 23.6. The number of benzene rings is 2. The number of hydrogen-bond acceptors (Lipinski definition) is 5. The number of hydrogen-bond donors (Lipinski definition) is 2. The molecule has 0 spiro atoms. The van der Waals surface area contributed by atoms with Gasteiger partial charge in [-0.3, -0.25) is 0 Å². The summed E-state index contributed by atoms with van der Waals surface area (Å²) in [6, 6.07) is 7.86. The van der Waals surface area contributed by atoms with Crippen LogP contribution in [0.15, 0.2) is 41.3 Å². The maximum absolute atomic E-state index is 14.2. The summed E-state index contributed by atoms with van der Waals surface area (Å²) in [6.45, 7) is 5.13. The van der Waals surface area contributed by atoms with Crippen molar-refractivity contribution in [2.24, 2.45) is 5.14 Å². The van der Waals surface area contributed by atoms with E-state index in [0.717, 1.165) is 31.7 Å². The molecule has 0 radical (unpaired) electrons. The summed E-state index contributed by atoms with van der Waals surface area (Å²) in [5.41, 5.74) is 0.0111. The Morgan fingerprint density at radius 3 is 2.23 bits per heavy atom. The first-order chi connectivity index (χ1) is 14.2. The molecule has 0 saturated heterocycles. The van der Waals surface area contributed by atoms with Crippen LogP contribution in [0.25, 0.3) is 0 Å². The van der Waals surface area contributed by atoms with Gasteiger partial charge in [0.25, 0.3) is 0 Å². The summed E-state index contributed by atoms with van der Waals surface area (Å²) in [5.74, 6) is -2.35. The number of aromatic carboxylic acids is 1. The number of nitrogens with zero attached hydrogens (tertiary/aromatic N) is 1. The fourth-order valence-electron chi connectivity index (χ4n) is 2.95. The molecule has 0 heterocycles. The van der Waals surface area contributed by atoms with E-state index in [0.29, 0.717) is 13.1 Å². The van der Waals surface area contributed by atoms with Crippen molar-refractivity contribution in [2.75, 3.05) is 18.0 Å². The number of halogens is 1. The quantitative estimate of drug-likeness (QED) is 0.539. The molecule has 0 aromatic heterocycles. The highest BCUT2D eigenvalue weighted by atomic mass is 32.2. The zero-order valence-electron chi connectivity index (χ0n) is 17.1. The average molecular weight is 439 g/mol. The molecule has 3 N–H and O–H groups in total. The first-order valence-electron chi connectivity index (χ1n) is 9.80. The van der Waals surface area contributed by atoms with Crippen LogP contribution in [0.2, 0.25) is 0 Å². The smallest absolute Gasteiger partial charge is 0.335 e. The third kappa shape index (κ3) is 5.93. The molecule has 0 aliphatic rings. The highest BCUT2D eigenvalue weighted by Gasteiger charge is 2.26. The van der Waals surface area contributed by atoms with Crippen molar-refractivity contribution < 1.29 is 27.4 Å². The predicted molar refractivity (Wildman–Crippen MR) is 113 cm³/mol. The average Bonchev–Trinajstić information content (AvgIpc) is 2.69. The van der Waals surface area contributed by atoms with Crippen LogP contribution in [0.5, 0.6) is 11.5 Å². The largest absolute Gasteiger partial charge is 0.478 e. The second kappa shape index (κ2) is 10.4. The summed E-state index contributed by atoms with van der Waals surface area (Å²) in [4.78, 5) is 13.0. The fraction of sp³-hybridized carbons (Fsp3) is 0.381. The highest BCUT2D eigenvalue weighted by Crippen LogP contribution is 2.40. The Kier molecular flexibility index (Phi) is 8.19. The van der Waals surface area contributed by atoms with Gasteiger partial charge in [0.1, 0.15) is 4.90 Å². The van der Waals surface area contributed by atoms with Gasteiger partial charge in [-0.15, -0.1) is 0 Å². The zero-order valence-corrected chi connectivity index (χ0v) is 17.9. The minimum Gasteiger partial charge on any atom is -0.478 e. The van der Waals surface area contributed by atoms with Gasteiger partial charge >= 0.3 is 5.97 Å². The summed E-state index contributed by atoms with van der Waals surface area (Å²) >= 11 is 0. The second-order valence-corrected chi connectivity index (χ2v) is 8.43. The maximum atomic E-state index is 14.2. The predicted octanol–water partition coefficient (Wildman–Crippen LogP) is 4.37. The number of carbonyl (C=O) groups is 1. The lowest BCUT2D eigenvalue weighted by molar-refractivity contribution is 0.0696. The molecule has 0 unspecified atom stereocenters. The lowest BCUT2D eigenvalue weighted by Crippen LogP contribution is -2.27. The third-order valence-corrected chi connectivity index (χ3v) is 5.46. The molecule has 2 aromatic rings. The third-order valence-electron chi connectivity index (χ3n) is 4.54. The number of para-hydroxylation sites is 1. The van der Waals surface area contributed by atoms with Crippen LogP contribution in [0.4, 0.5) is 10.1 Å². The fourth-order valence-corrected chi connectivity index (χ4v) is 3.64. The van der Waals surface area contributed by atoms with Gasteiger partial charge in [-0.25, -0.2) is 22.7 Å². The van der Waals surface area contributed by atoms with Crippen molar-refractivity contribution in [3.8, 4) is 11.5 Å². The normalized spacial score (nSPS) is 11.3. The Labute approximate surface area is 176 Å². The molecule has 0 atom stereocenters. The van der Waals surface area contributed by atoms with E-state index >= 15 is 0 Å². The monoisotopic (exact) mass is 438 g/mol. The number of carboxylic acid groups (broad SMARTS) is 1. The van der Waals surface area contributed by atoms with Crippen LogP contribution in [-0.4, -0.2) is 32.6 Å². The van der Waals surface area contributed by atoms with Crippen molar-refractivity contribution in [3.05, 3.63) is 47.8 Å². The number of carboxylic acids is 1. The molecule has 0 saturated carbocycles. The minimum absolute atomic E-state index is 0.181. The number of unbranched alkanes of at least 4 members (excludes halogenated alkanes) is 2. The van der Waals surface area contributed by atoms with Gasteiger partial charge in [-0.1, -0.05) is 38.8 Å². The van der Waals surface area contributed by atoms with E-state index in [4.69, 9.17) is 9.88 Å². The molecule has 0 fully saturated rings. The number of primary sulfonamides is 1. The van der Waals surface area contributed by atoms with E-state index < -0.39 is 26.7 Å². The van der Waals surface area contributed by atoms with Gasteiger partial charge in [0.15, 0.2) is 17.3 Å². The lowest BCUT2D eigenvalue weighted by atomic mass is 10.1. The highest BCUT2D eigenvalue weighted by molar-refractivity contribution is 7.89. The van der Waals surface area contributed by atoms with E-state index in [2.05, 4.69) is 0 Å². The van der Waals surface area contributed by atoms with Crippen molar-refractivity contribution >= 4 is 21.7 Å². The standard InChI is InChI=1S/C21H27FN2O5S/c1-3-5-11-24(12-6-4-2)17-13-15(21(25)26)14-19(30(23,27)28)20(17)29-18-10-8-7-9-16(18)22/h7-10,13-14H,3-6,11-12H2,1-2H3,(H,25,26)(H2,23,27,28). The number of ether oxygens (including phenoxy) is 1. The van der Waals surface area contributed by atoms with Crippen LogP contribution in [0, 0.1) is 5.82 Å². The Morgan fingerprint density at radius 1 is 1.13 bits per heavy atom. The summed E-state index contributed by atoms with van der Waals surface area (Å²) < 4.78 is 44.5. The maximum Gasteiger partial charge on any atom is 0.335 e. The molecular formula is C21H27FN2O5S. The van der Waals surface area contributed by atoms with Crippen LogP contribution >= 0.6 is 0 Å². The molecule has 7 nitrogen and oxygen atoms in total. The van der Waals surface area contributed by atoms with Crippen molar-refractivity contribution in [2.45, 2.75) is 44.4 Å². The molecule has 2 rings (SSSR count). The number of sulfonamides is 1. The number of nitrogens with two attached hydrogens (primary N) is 1. The van der Waals surface area contributed by atoms with Crippen LogP contribution in [0.1, 0.15) is 49.9 Å². The molecular weight excluding hydrogens is 411 g/mol. The van der Waals surface area contributed by atoms with Crippen LogP contribution < -0.4 is 14.8 Å². The van der Waals surface area contributed by atoms with E-state index in [1.54, 1.807) is 6.07 Å². The Bertz CT molecular complexity index is 987. The van der Waals surface area contributed by atoms with Gasteiger partial charge in [0.05, 0.1) is 11.3 Å². The summed E-state index contributed by atoms with van der Waals surface area (Å²) in [6.07, 6.45) is 3.36. The van der Waals surface area contributed by atoms with Crippen molar-refractivity contribution in [3.63, 3.8) is 0 Å². The molecule has 0 aliphatic heterocycles. The van der Waals surface area contributed by atoms with Gasteiger partial charge in [0.2, 0.25) is 10.0 Å². The second-order valence-electron chi connectivity index (χ2n) is 6.90. The van der Waals surface area contributed by atoms with Gasteiger partial charge in [0, 0.05) is 13.1 Å². The first-order valence-corrected chi connectivity index (χ1v) is 11.3. The number of anilines is 1. The van der Waals surface area contributed by atoms with Gasteiger partial charge in [-0.05, 0) is 37.1 Å². The summed E-state index contributed by atoms with van der Waals surface area (Å²) in [5, 5.41) is 14.9. The molecule has 0 amide bonds. The Balaban J connectivity index is 2.75. The Hall–Kier alpha value is -2.65. The van der Waals surface area contributed by atoms with Crippen LogP contribution in [-0.2, 0) is 10.0 Å². The molecule has 9 heteroatoms. The van der Waals surface area contributed by atoms with Crippen LogP contribution in [0.3, 0.4) is 0 Å². The van der Waals surface area contributed by atoms with Gasteiger partial charge in [-0.2, -0.15) is 0 Å². The topological polar surface area (TPSA) is 110 Å².